The number of quaternary nitrogens is 2. The van der Waals surface area contributed by atoms with Gasteiger partial charge in [-0.25, -0.2) is 0 Å². The second-order valence-electron chi connectivity index (χ2n) is 5.57. The van der Waals surface area contributed by atoms with Crippen LogP contribution in [0.2, 0.25) is 0 Å². The van der Waals surface area contributed by atoms with Crippen molar-refractivity contribution in [2.75, 3.05) is 13.1 Å². The number of hydrogen-bond donors (Lipinski definition) is 3. The van der Waals surface area contributed by atoms with Gasteiger partial charge in [0.2, 0.25) is 5.91 Å². The van der Waals surface area contributed by atoms with Crippen molar-refractivity contribution in [1.29, 1.82) is 0 Å². The fourth-order valence-corrected chi connectivity index (χ4v) is 3.90. The summed E-state index contributed by atoms with van der Waals surface area (Å²) in [5.74, 6) is -0.00186. The van der Waals surface area contributed by atoms with Gasteiger partial charge in [0.25, 0.3) is 0 Å². The highest BCUT2D eigenvalue weighted by atomic mass is 31.2. The molecule has 0 saturated carbocycles. The Kier molecular flexibility index (Phi) is 10.8. The van der Waals surface area contributed by atoms with Gasteiger partial charge in [0.1, 0.15) is 0 Å². The molecule has 0 aromatic carbocycles. The van der Waals surface area contributed by atoms with Crippen LogP contribution in [-0.2, 0) is 9.36 Å². The topological polar surface area (TPSA) is 169 Å². The quantitative estimate of drug-likeness (QED) is 0.609. The number of carbonyl (C=O) groups is 1. The van der Waals surface area contributed by atoms with Crippen LogP contribution in [-0.4, -0.2) is 36.0 Å². The van der Waals surface area contributed by atoms with Crippen molar-refractivity contribution < 1.29 is 19.1 Å². The average molecular weight is 352 g/mol. The Labute approximate surface area is 139 Å². The number of hydrogen-bond acceptors (Lipinski definition) is 5. The van der Waals surface area contributed by atoms with E-state index in [1.54, 1.807) is 0 Å². The van der Waals surface area contributed by atoms with Crippen molar-refractivity contribution in [3.63, 3.8) is 0 Å². The molecule has 0 spiro atoms. The van der Waals surface area contributed by atoms with E-state index in [4.69, 9.17) is 0 Å². The second kappa shape index (κ2) is 10.2. The number of nitrogens with zero attached hydrogens (tertiary/aromatic N) is 1. The molecule has 0 aromatic heterocycles. The van der Waals surface area contributed by atoms with Crippen LogP contribution >= 0.6 is 7.60 Å². The smallest absolute Gasteiger partial charge is 0.217 e. The minimum Gasteiger partial charge on any atom is -0.808 e. The standard InChI is InChI=1S/C14H27N2O4P.2H3N/c1-5-16(6-2)14-9-12(21(18,19)20)7-8-13(14)10(3)15-11(4)17;;/h7,10,13-14H,5-6,8-9H2,1-4H3,(H,15,17)(H2,18,19,20);2*1H3/t10-,13-,14-;;/m0../s1. The zero-order valence-corrected chi connectivity index (χ0v) is 16.1. The van der Waals surface area contributed by atoms with Crippen molar-refractivity contribution >= 4 is 13.5 Å². The van der Waals surface area contributed by atoms with E-state index in [0.29, 0.717) is 6.42 Å². The third-order valence-corrected chi connectivity index (χ3v) is 5.31. The number of amides is 1. The van der Waals surface area contributed by atoms with Gasteiger partial charge in [-0.2, -0.15) is 0 Å². The number of rotatable bonds is 6. The molecule has 1 rings (SSSR count). The summed E-state index contributed by atoms with van der Waals surface area (Å²) < 4.78 is 11.3. The van der Waals surface area contributed by atoms with Crippen LogP contribution in [0.5, 0.6) is 0 Å². The second-order valence-corrected chi connectivity index (χ2v) is 7.14. The molecule has 0 bridgehead atoms. The van der Waals surface area contributed by atoms with E-state index >= 15 is 0 Å². The maximum Gasteiger partial charge on any atom is 0.217 e. The van der Waals surface area contributed by atoms with Crippen molar-refractivity contribution in [1.82, 2.24) is 22.5 Å². The molecule has 0 fully saturated rings. The molecule has 8 nitrogen and oxygen atoms in total. The lowest BCUT2D eigenvalue weighted by atomic mass is 9.82. The lowest BCUT2D eigenvalue weighted by molar-refractivity contribution is -0.310. The average Bonchev–Trinajstić information content (AvgIpc) is 2.38. The molecular formula is C14H33N4O4P. The van der Waals surface area contributed by atoms with Crippen molar-refractivity contribution in [3.05, 3.63) is 11.4 Å². The van der Waals surface area contributed by atoms with E-state index in [1.165, 1.54) is 13.0 Å². The van der Waals surface area contributed by atoms with Gasteiger partial charge in [-0.15, -0.1) is 0 Å². The number of nitrogens with one attached hydrogen (secondary N) is 1. The minimum atomic E-state index is -4.68. The fourth-order valence-electron chi connectivity index (χ4n) is 3.16. The molecule has 0 radical (unpaired) electrons. The van der Waals surface area contributed by atoms with E-state index in [9.17, 15) is 19.1 Å². The normalized spacial score (nSPS) is 22.5. The molecular weight excluding hydrogens is 319 g/mol. The third kappa shape index (κ3) is 6.71. The Bertz CT molecular complexity index is 448. The van der Waals surface area contributed by atoms with E-state index in [2.05, 4.69) is 10.2 Å². The fraction of sp³-hybridized carbons (Fsp3) is 0.786. The largest absolute Gasteiger partial charge is 0.808 e. The molecule has 0 saturated heterocycles. The first-order chi connectivity index (χ1) is 9.70. The first kappa shape index (κ1) is 24.5. The highest BCUT2D eigenvalue weighted by Crippen LogP contribution is 2.44. The Morgan fingerprint density at radius 3 is 2.30 bits per heavy atom. The SMILES string of the molecule is CCN(CC)[C@H]1CC(P(=O)([O-])[O-])=CC[C@H]1[C@H](C)NC(C)=O.[NH4+].[NH4+]. The summed E-state index contributed by atoms with van der Waals surface area (Å²) in [6, 6.07) is -0.110. The summed E-state index contributed by atoms with van der Waals surface area (Å²) in [6.07, 6.45) is 2.26. The molecule has 0 unspecified atom stereocenters. The monoisotopic (exact) mass is 352 g/mol. The summed E-state index contributed by atoms with van der Waals surface area (Å²) >= 11 is 0. The minimum absolute atomic E-state index is 0. The van der Waals surface area contributed by atoms with Crippen LogP contribution in [0.3, 0.4) is 0 Å². The molecule has 138 valence electrons. The third-order valence-electron chi connectivity index (χ3n) is 4.24. The molecule has 9 N–H and O–H groups in total. The Hall–Kier alpha value is -0.760. The molecule has 23 heavy (non-hydrogen) atoms. The van der Waals surface area contributed by atoms with E-state index in [0.717, 1.165) is 13.1 Å². The van der Waals surface area contributed by atoms with Gasteiger partial charge in [-0.05, 0) is 51.7 Å². The van der Waals surface area contributed by atoms with Gasteiger partial charge in [-0.1, -0.05) is 19.9 Å². The maximum absolute atomic E-state index is 11.3. The summed E-state index contributed by atoms with van der Waals surface area (Å²) in [5.41, 5.74) is 0. The molecule has 0 heterocycles. The number of allylic oxidation sites excluding steroid dienone is 1. The highest BCUT2D eigenvalue weighted by molar-refractivity contribution is 7.53. The highest BCUT2D eigenvalue weighted by Gasteiger charge is 2.34. The maximum atomic E-state index is 11.3. The van der Waals surface area contributed by atoms with Crippen LogP contribution in [0.1, 0.15) is 40.5 Å². The van der Waals surface area contributed by atoms with E-state index < -0.39 is 7.60 Å². The van der Waals surface area contributed by atoms with Crippen LogP contribution in [0.4, 0.5) is 0 Å². The molecule has 9 heteroatoms. The first-order valence-electron chi connectivity index (χ1n) is 7.43. The Morgan fingerprint density at radius 1 is 1.39 bits per heavy atom. The molecule has 1 amide bonds. The van der Waals surface area contributed by atoms with E-state index in [1.807, 2.05) is 20.8 Å². The van der Waals surface area contributed by atoms with Crippen molar-refractivity contribution in [3.8, 4) is 0 Å². The van der Waals surface area contributed by atoms with Crippen LogP contribution < -0.4 is 27.4 Å². The summed E-state index contributed by atoms with van der Waals surface area (Å²) in [6.45, 7) is 8.97. The lowest BCUT2D eigenvalue weighted by Gasteiger charge is -2.45. The Balaban J connectivity index is 0. The van der Waals surface area contributed by atoms with Crippen LogP contribution in [0.25, 0.3) is 0 Å². The van der Waals surface area contributed by atoms with Crippen molar-refractivity contribution in [2.24, 2.45) is 5.92 Å². The van der Waals surface area contributed by atoms with Gasteiger partial charge in [0.15, 0.2) is 0 Å². The summed E-state index contributed by atoms with van der Waals surface area (Å²) in [4.78, 5) is 36.0. The van der Waals surface area contributed by atoms with Crippen LogP contribution in [0.15, 0.2) is 11.4 Å². The predicted octanol–water partition coefficient (Wildman–Crippen LogP) is 1.18. The lowest BCUT2D eigenvalue weighted by Crippen LogP contribution is -2.50. The van der Waals surface area contributed by atoms with Gasteiger partial charge in [0, 0.05) is 19.0 Å². The molecule has 3 atom stereocenters. The zero-order chi connectivity index (χ0) is 16.2. The number of carbonyl (C=O) groups excluding carboxylic acids is 1. The van der Waals surface area contributed by atoms with Crippen LogP contribution in [0, 0.1) is 5.92 Å². The van der Waals surface area contributed by atoms with E-state index in [-0.39, 0.29) is 47.9 Å². The summed E-state index contributed by atoms with van der Waals surface area (Å²) in [7, 11) is -4.68. The molecule has 1 aliphatic carbocycles. The van der Waals surface area contributed by atoms with Gasteiger partial charge in [0.05, 0.1) is 0 Å². The van der Waals surface area contributed by atoms with Gasteiger partial charge in [-0.3, -0.25) is 4.79 Å². The van der Waals surface area contributed by atoms with Gasteiger partial charge >= 0.3 is 0 Å². The zero-order valence-electron chi connectivity index (χ0n) is 15.2. The molecule has 0 aromatic rings. The Morgan fingerprint density at radius 2 is 1.91 bits per heavy atom. The predicted molar refractivity (Wildman–Crippen MR) is 90.4 cm³/mol. The van der Waals surface area contributed by atoms with Gasteiger partial charge < -0.3 is 36.9 Å². The van der Waals surface area contributed by atoms with Crippen molar-refractivity contribution in [2.45, 2.75) is 52.6 Å². The molecule has 1 aliphatic rings. The molecule has 0 aliphatic heterocycles. The first-order valence-corrected chi connectivity index (χ1v) is 8.97. The summed E-state index contributed by atoms with van der Waals surface area (Å²) in [5, 5.41) is 2.88.